The third-order valence-corrected chi connectivity index (χ3v) is 3.20. The lowest BCUT2D eigenvalue weighted by Crippen LogP contribution is -2.40. The maximum atomic E-state index is 13.8. The minimum Gasteiger partial charge on any atom is -0.481 e. The fourth-order valence-corrected chi connectivity index (χ4v) is 1.98. The molecule has 0 spiro atoms. The predicted octanol–water partition coefficient (Wildman–Crippen LogP) is 1.37. The van der Waals surface area contributed by atoms with Crippen LogP contribution in [-0.2, 0) is 9.59 Å². The van der Waals surface area contributed by atoms with Gasteiger partial charge in [-0.1, -0.05) is 0 Å². The van der Waals surface area contributed by atoms with E-state index in [1.807, 2.05) is 0 Å². The molecule has 0 aliphatic carbocycles. The molecular weight excluding hydrogens is 291 g/mol. The van der Waals surface area contributed by atoms with Crippen molar-refractivity contribution in [3.05, 3.63) is 29.8 Å². The van der Waals surface area contributed by atoms with E-state index in [0.717, 1.165) is 17.0 Å². The number of amides is 1. The number of carbonyl (C=O) groups is 2. The number of rotatable bonds is 4. The summed E-state index contributed by atoms with van der Waals surface area (Å²) >= 11 is 0. The highest BCUT2D eigenvalue weighted by molar-refractivity contribution is 5.83. The summed E-state index contributed by atoms with van der Waals surface area (Å²) in [5.41, 5.74) is -2.46. The van der Waals surface area contributed by atoms with E-state index in [2.05, 4.69) is 0 Å². The van der Waals surface area contributed by atoms with E-state index in [-0.39, 0.29) is 18.7 Å². The molecule has 1 saturated heterocycles. The Kier molecular flexibility index (Phi) is 4.06. The van der Waals surface area contributed by atoms with Gasteiger partial charge in [0.05, 0.1) is 6.54 Å². The quantitative estimate of drug-likeness (QED) is 0.912. The molecule has 0 radical (unpaired) electrons. The summed E-state index contributed by atoms with van der Waals surface area (Å²) in [6, 6.07) is 2.60. The normalized spacial score (nSPS) is 21.4. The molecule has 1 aromatic carbocycles. The van der Waals surface area contributed by atoms with Crippen LogP contribution in [0.15, 0.2) is 18.2 Å². The number of carbonyl (C=O) groups excluding carboxylic acids is 1. The van der Waals surface area contributed by atoms with Gasteiger partial charge in [0.1, 0.15) is 5.82 Å². The average Bonchev–Trinajstić information content (AvgIpc) is 2.82. The molecule has 1 N–H and O–H groups in total. The van der Waals surface area contributed by atoms with Crippen molar-refractivity contribution in [1.82, 2.24) is 4.90 Å². The number of halogens is 3. The molecule has 1 unspecified atom stereocenters. The Balaban J connectivity index is 1.93. The molecule has 1 aliphatic heterocycles. The van der Waals surface area contributed by atoms with Crippen LogP contribution in [0.1, 0.15) is 6.42 Å². The molecule has 114 valence electrons. The van der Waals surface area contributed by atoms with Gasteiger partial charge < -0.3 is 14.7 Å². The highest BCUT2D eigenvalue weighted by Gasteiger charge is 2.46. The first-order valence-corrected chi connectivity index (χ1v) is 6.10. The van der Waals surface area contributed by atoms with Crippen LogP contribution in [0.25, 0.3) is 0 Å². The van der Waals surface area contributed by atoms with E-state index >= 15 is 0 Å². The summed E-state index contributed by atoms with van der Waals surface area (Å²) in [7, 11) is 0. The minimum atomic E-state index is -2.46. The standard InChI is InChI=1S/C13H12F3NO4/c14-8-1-2-10(9(15)5-8)21-6-11(18)17-4-3-13(16,7-17)12(19)20/h1-2,5H,3-4,6-7H2,(H,19,20). The molecular formula is C13H12F3NO4. The van der Waals surface area contributed by atoms with Crippen LogP contribution in [0.5, 0.6) is 5.75 Å². The Hall–Kier alpha value is -2.25. The molecule has 1 atom stereocenters. The molecule has 8 heteroatoms. The lowest BCUT2D eigenvalue weighted by atomic mass is 10.1. The van der Waals surface area contributed by atoms with Gasteiger partial charge in [0.15, 0.2) is 18.2 Å². The number of aliphatic carboxylic acids is 1. The third-order valence-electron chi connectivity index (χ3n) is 3.20. The number of likely N-dealkylation sites (tertiary alicyclic amines) is 1. The molecule has 1 aliphatic rings. The van der Waals surface area contributed by atoms with Gasteiger partial charge in [-0.2, -0.15) is 0 Å². The van der Waals surface area contributed by atoms with E-state index in [0.29, 0.717) is 6.07 Å². The first kappa shape index (κ1) is 15.1. The summed E-state index contributed by atoms with van der Waals surface area (Å²) in [6.45, 7) is -1.22. The highest BCUT2D eigenvalue weighted by atomic mass is 19.1. The number of alkyl halides is 1. The lowest BCUT2D eigenvalue weighted by Gasteiger charge is -2.18. The maximum absolute atomic E-state index is 13.8. The van der Waals surface area contributed by atoms with Crippen LogP contribution in [-0.4, -0.2) is 47.2 Å². The molecule has 1 heterocycles. The SMILES string of the molecule is O=C(COc1ccc(F)cc1F)N1CCC(F)(C(=O)O)C1. The van der Waals surface area contributed by atoms with Crippen molar-refractivity contribution in [1.29, 1.82) is 0 Å². The van der Waals surface area contributed by atoms with Crippen molar-refractivity contribution in [3.8, 4) is 5.75 Å². The molecule has 21 heavy (non-hydrogen) atoms. The first-order valence-electron chi connectivity index (χ1n) is 6.10. The zero-order valence-electron chi connectivity index (χ0n) is 10.8. The Labute approximate surface area is 117 Å². The lowest BCUT2D eigenvalue weighted by molar-refractivity contribution is -0.150. The van der Waals surface area contributed by atoms with Crippen molar-refractivity contribution in [3.63, 3.8) is 0 Å². The van der Waals surface area contributed by atoms with Crippen molar-refractivity contribution in [2.24, 2.45) is 0 Å². The predicted molar refractivity (Wildman–Crippen MR) is 64.5 cm³/mol. The molecule has 0 bridgehead atoms. The van der Waals surface area contributed by atoms with Crippen molar-refractivity contribution in [2.75, 3.05) is 19.7 Å². The second kappa shape index (κ2) is 5.63. The summed E-state index contributed by atoms with van der Waals surface area (Å²) < 4.78 is 44.6. The molecule has 0 aromatic heterocycles. The summed E-state index contributed by atoms with van der Waals surface area (Å²) in [5.74, 6) is -4.35. The van der Waals surface area contributed by atoms with Crippen LogP contribution in [0.3, 0.4) is 0 Å². The van der Waals surface area contributed by atoms with Gasteiger partial charge in [-0.05, 0) is 12.1 Å². The van der Waals surface area contributed by atoms with Gasteiger partial charge in [-0.3, -0.25) is 4.79 Å². The zero-order chi connectivity index (χ0) is 15.6. The number of carboxylic acid groups (broad SMARTS) is 1. The second-order valence-corrected chi connectivity index (χ2v) is 4.70. The Morgan fingerprint density at radius 2 is 2.10 bits per heavy atom. The second-order valence-electron chi connectivity index (χ2n) is 4.70. The smallest absolute Gasteiger partial charge is 0.343 e. The van der Waals surface area contributed by atoms with E-state index in [1.165, 1.54) is 0 Å². The van der Waals surface area contributed by atoms with Crippen LogP contribution >= 0.6 is 0 Å². The minimum absolute atomic E-state index is 0.0586. The van der Waals surface area contributed by atoms with E-state index in [9.17, 15) is 22.8 Å². The van der Waals surface area contributed by atoms with Crippen LogP contribution in [0.4, 0.5) is 13.2 Å². The fraction of sp³-hybridized carbons (Fsp3) is 0.385. The number of carboxylic acids is 1. The average molecular weight is 303 g/mol. The fourth-order valence-electron chi connectivity index (χ4n) is 1.98. The summed E-state index contributed by atoms with van der Waals surface area (Å²) in [6.07, 6.45) is -0.307. The molecule has 1 aromatic rings. The zero-order valence-corrected chi connectivity index (χ0v) is 10.8. The Bertz CT molecular complexity index is 581. The molecule has 2 rings (SSSR count). The molecule has 5 nitrogen and oxygen atoms in total. The number of hydrogen-bond acceptors (Lipinski definition) is 3. The van der Waals surface area contributed by atoms with E-state index < -0.39 is 42.3 Å². The van der Waals surface area contributed by atoms with Crippen molar-refractivity contribution in [2.45, 2.75) is 12.1 Å². The van der Waals surface area contributed by atoms with Gasteiger partial charge in [0.2, 0.25) is 5.67 Å². The van der Waals surface area contributed by atoms with Gasteiger partial charge >= 0.3 is 5.97 Å². The van der Waals surface area contributed by atoms with Gasteiger partial charge in [0.25, 0.3) is 5.91 Å². The number of benzene rings is 1. The van der Waals surface area contributed by atoms with Crippen LogP contribution in [0.2, 0.25) is 0 Å². The van der Waals surface area contributed by atoms with Crippen molar-refractivity contribution < 1.29 is 32.6 Å². The van der Waals surface area contributed by atoms with Crippen LogP contribution < -0.4 is 4.74 Å². The van der Waals surface area contributed by atoms with Crippen molar-refractivity contribution >= 4 is 11.9 Å². The highest BCUT2D eigenvalue weighted by Crippen LogP contribution is 2.26. The van der Waals surface area contributed by atoms with E-state index in [4.69, 9.17) is 9.84 Å². The third kappa shape index (κ3) is 3.26. The first-order chi connectivity index (χ1) is 9.82. The van der Waals surface area contributed by atoms with Crippen LogP contribution in [0, 0.1) is 11.6 Å². The number of ether oxygens (including phenoxy) is 1. The number of nitrogens with zero attached hydrogens (tertiary/aromatic N) is 1. The van der Waals surface area contributed by atoms with E-state index in [1.54, 1.807) is 0 Å². The molecule has 0 saturated carbocycles. The summed E-state index contributed by atoms with van der Waals surface area (Å²) in [4.78, 5) is 23.5. The Morgan fingerprint density at radius 1 is 1.38 bits per heavy atom. The maximum Gasteiger partial charge on any atom is 0.343 e. The largest absolute Gasteiger partial charge is 0.481 e. The van der Waals surface area contributed by atoms with Gasteiger partial charge in [-0.25, -0.2) is 18.0 Å². The molecule has 1 amide bonds. The monoisotopic (exact) mass is 303 g/mol. The van der Waals surface area contributed by atoms with Gasteiger partial charge in [0, 0.05) is 19.0 Å². The van der Waals surface area contributed by atoms with Gasteiger partial charge in [-0.15, -0.1) is 0 Å². The Morgan fingerprint density at radius 3 is 2.67 bits per heavy atom. The summed E-state index contributed by atoms with van der Waals surface area (Å²) in [5, 5.41) is 8.71. The molecule has 1 fully saturated rings. The number of hydrogen-bond donors (Lipinski definition) is 1. The topological polar surface area (TPSA) is 66.8 Å².